The number of fused-ring (bicyclic) bond motifs is 5. The van der Waals surface area contributed by atoms with E-state index in [1.165, 1.54) is 0 Å². The first-order valence-electron chi connectivity index (χ1n) is 13.8. The molecule has 0 heterocycles. The Hall–Kier alpha value is -3.66. The second-order valence-corrected chi connectivity index (χ2v) is 7.38. The summed E-state index contributed by atoms with van der Waals surface area (Å²) in [7, 11) is -2.27. The molecule has 0 fully saturated rings. The van der Waals surface area contributed by atoms with Gasteiger partial charge in [-0.25, -0.2) is 0 Å². The quantitative estimate of drug-likeness (QED) is 0.222. The molecular weight excluding hydrogens is 379 g/mol. The molecule has 0 aliphatic heterocycles. The first-order valence-corrected chi connectivity index (χ1v) is 9.78. The van der Waals surface area contributed by atoms with Crippen LogP contribution in [0.25, 0.3) is 54.2 Å². The lowest BCUT2D eigenvalue weighted by Crippen LogP contribution is -2.31. The zero-order chi connectivity index (χ0) is 27.9. The summed E-state index contributed by atoms with van der Waals surface area (Å²) in [6.07, 6.45) is 0. The molecular formula is C28H19BO2. The highest BCUT2D eigenvalue weighted by Gasteiger charge is 2.22. The summed E-state index contributed by atoms with van der Waals surface area (Å²) < 4.78 is 68.1. The average molecular weight is 406 g/mol. The molecule has 0 saturated carbocycles. The zero-order valence-electron chi connectivity index (χ0n) is 24.2. The molecule has 0 radical (unpaired) electrons. The van der Waals surface area contributed by atoms with Crippen LogP contribution in [-0.2, 0) is 0 Å². The molecule has 0 amide bonds. The average Bonchev–Trinajstić information content (AvgIpc) is 2.94. The fourth-order valence-electron chi connectivity index (χ4n) is 4.36. The van der Waals surface area contributed by atoms with Crippen molar-refractivity contribution in [3.05, 3.63) is 103 Å². The Morgan fingerprint density at radius 1 is 0.581 bits per heavy atom. The molecule has 0 aliphatic carbocycles. The Labute approximate surface area is 191 Å². The van der Waals surface area contributed by atoms with Crippen LogP contribution in [0, 0.1) is 0 Å². The van der Waals surface area contributed by atoms with Gasteiger partial charge < -0.3 is 10.0 Å². The van der Waals surface area contributed by atoms with Crippen LogP contribution in [0.5, 0.6) is 0 Å². The molecule has 146 valence electrons. The lowest BCUT2D eigenvalue weighted by Gasteiger charge is -2.17. The predicted molar refractivity (Wildman–Crippen MR) is 132 cm³/mol. The van der Waals surface area contributed by atoms with Crippen LogP contribution in [0.3, 0.4) is 0 Å². The minimum Gasteiger partial charge on any atom is -0.423 e. The van der Waals surface area contributed by atoms with Crippen molar-refractivity contribution in [1.29, 1.82) is 0 Å². The highest BCUT2D eigenvalue weighted by Crippen LogP contribution is 2.38. The van der Waals surface area contributed by atoms with E-state index in [9.17, 15) is 10.0 Å². The zero-order valence-corrected chi connectivity index (χ0v) is 16.2. The summed E-state index contributed by atoms with van der Waals surface area (Å²) in [6, 6.07) is 12.9. The third-order valence-corrected chi connectivity index (χ3v) is 5.71. The van der Waals surface area contributed by atoms with E-state index < -0.39 is 60.9 Å². The van der Waals surface area contributed by atoms with Gasteiger partial charge in [-0.2, -0.15) is 0 Å². The topological polar surface area (TPSA) is 40.5 Å². The van der Waals surface area contributed by atoms with Crippen molar-refractivity contribution in [3.63, 3.8) is 0 Å². The molecule has 3 heteroatoms. The summed E-state index contributed by atoms with van der Waals surface area (Å²) in [5, 5.41) is 24.0. The molecule has 0 bridgehead atoms. The maximum Gasteiger partial charge on any atom is 0.489 e. The molecule has 0 unspecified atom stereocenters. The molecule has 0 saturated heterocycles. The molecule has 2 N–H and O–H groups in total. The van der Waals surface area contributed by atoms with Gasteiger partial charge in [-0.05, 0) is 65.7 Å². The summed E-state index contributed by atoms with van der Waals surface area (Å²) >= 11 is 0. The summed E-state index contributed by atoms with van der Waals surface area (Å²) in [5.41, 5.74) is 0.232. The number of rotatable bonds is 2. The highest BCUT2D eigenvalue weighted by atomic mass is 16.4. The fraction of sp³-hybridized carbons (Fsp3) is 0. The minimum atomic E-state index is -2.27. The van der Waals surface area contributed by atoms with Crippen molar-refractivity contribution in [3.8, 4) is 11.1 Å². The van der Waals surface area contributed by atoms with Gasteiger partial charge in [0.05, 0.1) is 11.0 Å². The minimum absolute atomic E-state index is 0.0544. The first kappa shape index (κ1) is 11.7. The lowest BCUT2D eigenvalue weighted by molar-refractivity contribution is 0.426. The maximum atomic E-state index is 10.4. The van der Waals surface area contributed by atoms with E-state index in [2.05, 4.69) is 0 Å². The third kappa shape index (κ3) is 2.75. The van der Waals surface area contributed by atoms with Crippen molar-refractivity contribution < 1.29 is 21.0 Å². The van der Waals surface area contributed by atoms with Gasteiger partial charge in [-0.15, -0.1) is 0 Å². The van der Waals surface area contributed by atoms with Gasteiger partial charge in [-0.1, -0.05) is 96.9 Å². The van der Waals surface area contributed by atoms with Gasteiger partial charge in [0.15, 0.2) is 0 Å². The van der Waals surface area contributed by atoms with Crippen LogP contribution in [0.1, 0.15) is 11.0 Å². The van der Waals surface area contributed by atoms with Crippen molar-refractivity contribution in [2.24, 2.45) is 0 Å². The Bertz CT molecular complexity index is 1960. The number of hydrogen-bond acceptors (Lipinski definition) is 2. The van der Waals surface area contributed by atoms with Gasteiger partial charge in [0.1, 0.15) is 0 Å². The molecule has 0 aromatic heterocycles. The van der Waals surface area contributed by atoms with E-state index in [1.807, 2.05) is 48.5 Å². The monoisotopic (exact) mass is 406 g/mol. The summed E-state index contributed by atoms with van der Waals surface area (Å²) in [4.78, 5) is 0. The van der Waals surface area contributed by atoms with Gasteiger partial charge >= 0.3 is 7.12 Å². The van der Waals surface area contributed by atoms with Gasteiger partial charge in [0.25, 0.3) is 0 Å². The Balaban J connectivity index is 1.96. The normalized spacial score (nSPS) is 15.2. The Kier molecular flexibility index (Phi) is 2.61. The molecule has 0 atom stereocenters. The third-order valence-electron chi connectivity index (χ3n) is 5.71. The molecule has 31 heavy (non-hydrogen) atoms. The van der Waals surface area contributed by atoms with Crippen LogP contribution in [0.15, 0.2) is 103 Å². The van der Waals surface area contributed by atoms with Crippen LogP contribution in [0.4, 0.5) is 0 Å². The van der Waals surface area contributed by atoms with Gasteiger partial charge in [-0.3, -0.25) is 0 Å². The molecule has 6 aromatic rings. The van der Waals surface area contributed by atoms with E-state index in [1.54, 1.807) is 6.07 Å². The number of benzene rings is 6. The van der Waals surface area contributed by atoms with Crippen molar-refractivity contribution in [2.75, 3.05) is 0 Å². The molecule has 0 aliphatic rings. The molecule has 6 aromatic carbocycles. The fourth-order valence-corrected chi connectivity index (χ4v) is 4.36. The van der Waals surface area contributed by atoms with Crippen LogP contribution < -0.4 is 5.46 Å². The lowest BCUT2D eigenvalue weighted by atomic mass is 9.72. The van der Waals surface area contributed by atoms with Crippen LogP contribution in [0.2, 0.25) is 0 Å². The number of hydrogen-bond donors (Lipinski definition) is 2. The van der Waals surface area contributed by atoms with Crippen LogP contribution >= 0.6 is 0 Å². The Morgan fingerprint density at radius 3 is 1.77 bits per heavy atom. The van der Waals surface area contributed by atoms with Gasteiger partial charge in [0, 0.05) is 0 Å². The SMILES string of the molecule is [2H]c1c([2H])c([2H])c2c(-c3ccc4ccc5ccccc5c4c3)c3c([2H])c([2H])c([2H])c([2H])c3c(B(O)O)c2c1[2H]. The second-order valence-electron chi connectivity index (χ2n) is 7.38. The van der Waals surface area contributed by atoms with E-state index in [0.717, 1.165) is 21.5 Å². The van der Waals surface area contributed by atoms with Crippen molar-refractivity contribution in [1.82, 2.24) is 0 Å². The largest absolute Gasteiger partial charge is 0.489 e. The van der Waals surface area contributed by atoms with E-state index in [4.69, 9.17) is 11.0 Å². The maximum absolute atomic E-state index is 10.4. The van der Waals surface area contributed by atoms with Crippen LogP contribution in [-0.4, -0.2) is 17.2 Å². The standard InChI is InChI=1S/C28H19BO2/c30-29(31)28-24-11-5-3-9-22(24)27(23-10-4-6-12-25(23)28)20-16-15-19-14-13-18-7-1-2-8-21(18)26(19)17-20/h1-17,30-31H/i3D,4D,5D,6D,9D,10D,11D,12D. The summed E-state index contributed by atoms with van der Waals surface area (Å²) in [6.45, 7) is 0. The Morgan fingerprint density at radius 2 is 1.13 bits per heavy atom. The van der Waals surface area contributed by atoms with E-state index in [0.29, 0.717) is 5.56 Å². The smallest absolute Gasteiger partial charge is 0.423 e. The molecule has 6 rings (SSSR count). The van der Waals surface area contributed by atoms with Gasteiger partial charge in [0.2, 0.25) is 0 Å². The first-order chi connectivity index (χ1) is 18.5. The van der Waals surface area contributed by atoms with Crippen molar-refractivity contribution >= 4 is 55.7 Å². The molecule has 0 spiro atoms. The van der Waals surface area contributed by atoms with E-state index >= 15 is 0 Å². The second kappa shape index (κ2) is 6.95. The van der Waals surface area contributed by atoms with Crippen molar-refractivity contribution in [2.45, 2.75) is 0 Å². The summed E-state index contributed by atoms with van der Waals surface area (Å²) in [5.74, 6) is 0. The van der Waals surface area contributed by atoms with E-state index in [-0.39, 0.29) is 27.1 Å². The predicted octanol–water partition coefficient (Wildman–Crippen LogP) is 5.65. The highest BCUT2D eigenvalue weighted by molar-refractivity contribution is 6.66. The molecule has 2 nitrogen and oxygen atoms in total.